The van der Waals surface area contributed by atoms with E-state index in [-0.39, 0.29) is 47.1 Å². The van der Waals surface area contributed by atoms with E-state index in [2.05, 4.69) is 20.9 Å². The predicted octanol–water partition coefficient (Wildman–Crippen LogP) is 2.19. The minimum atomic E-state index is -3.20. The molecular weight excluding hydrogens is 510 g/mol. The zero-order chi connectivity index (χ0) is 20.6. The van der Waals surface area contributed by atoms with Gasteiger partial charge in [0.1, 0.15) is 5.82 Å². The van der Waals surface area contributed by atoms with Gasteiger partial charge in [0.05, 0.1) is 11.4 Å². The van der Waals surface area contributed by atoms with Crippen molar-refractivity contribution in [3.8, 4) is 0 Å². The lowest BCUT2D eigenvalue weighted by Crippen LogP contribution is -2.42. The second kappa shape index (κ2) is 11.7. The van der Waals surface area contributed by atoms with Crippen LogP contribution in [0.3, 0.4) is 0 Å². The van der Waals surface area contributed by atoms with E-state index in [4.69, 9.17) is 0 Å². The molecule has 0 saturated heterocycles. The molecular formula is C19H24FIN4O3S. The zero-order valence-corrected chi connectivity index (χ0v) is 19.3. The highest BCUT2D eigenvalue weighted by Crippen LogP contribution is 2.10. The lowest BCUT2D eigenvalue weighted by molar-refractivity contribution is -0.115. The third-order valence-electron chi connectivity index (χ3n) is 3.83. The Kier molecular flexibility index (Phi) is 10.0. The van der Waals surface area contributed by atoms with Crippen molar-refractivity contribution in [2.75, 3.05) is 31.7 Å². The number of halogens is 2. The quantitative estimate of drug-likeness (QED) is 0.288. The fraction of sp³-hybridized carbons (Fsp3) is 0.263. The molecule has 2 aromatic carbocycles. The first kappa shape index (κ1) is 24.8. The van der Waals surface area contributed by atoms with E-state index in [1.54, 1.807) is 31.3 Å². The van der Waals surface area contributed by atoms with Crippen molar-refractivity contribution >= 4 is 51.4 Å². The third-order valence-corrected chi connectivity index (χ3v) is 4.95. The molecule has 0 aliphatic carbocycles. The molecule has 10 heteroatoms. The Morgan fingerprint density at radius 3 is 2.21 bits per heavy atom. The molecule has 7 nitrogen and oxygen atoms in total. The van der Waals surface area contributed by atoms with Crippen molar-refractivity contribution in [2.24, 2.45) is 4.99 Å². The van der Waals surface area contributed by atoms with Gasteiger partial charge in [0.15, 0.2) is 15.8 Å². The number of amides is 1. The number of hydrogen-bond acceptors (Lipinski definition) is 4. The van der Waals surface area contributed by atoms with E-state index in [1.165, 1.54) is 30.5 Å². The maximum Gasteiger partial charge on any atom is 0.243 e. The van der Waals surface area contributed by atoms with Gasteiger partial charge in [-0.1, -0.05) is 12.1 Å². The topological polar surface area (TPSA) is 99.7 Å². The Hall–Kier alpha value is -2.21. The van der Waals surface area contributed by atoms with Crippen LogP contribution in [0.5, 0.6) is 0 Å². The molecule has 0 aliphatic heterocycles. The maximum atomic E-state index is 12.9. The van der Waals surface area contributed by atoms with Gasteiger partial charge in [0.2, 0.25) is 5.91 Å². The van der Waals surface area contributed by atoms with Crippen LogP contribution in [0.15, 0.2) is 58.4 Å². The number of benzene rings is 2. The molecule has 0 radical (unpaired) electrons. The molecule has 0 saturated carbocycles. The monoisotopic (exact) mass is 534 g/mol. The van der Waals surface area contributed by atoms with Gasteiger partial charge in [-0.25, -0.2) is 12.8 Å². The number of carbonyl (C=O) groups is 1. The normalized spacial score (nSPS) is 11.3. The molecule has 0 heterocycles. The molecule has 3 N–H and O–H groups in total. The number of guanidine groups is 1. The summed E-state index contributed by atoms with van der Waals surface area (Å²) in [7, 11) is -1.61. The highest BCUT2D eigenvalue weighted by atomic mass is 127. The van der Waals surface area contributed by atoms with E-state index >= 15 is 0 Å². The largest absolute Gasteiger partial charge is 0.356 e. The fourth-order valence-electron chi connectivity index (χ4n) is 2.35. The Morgan fingerprint density at radius 1 is 1.03 bits per heavy atom. The van der Waals surface area contributed by atoms with E-state index in [0.29, 0.717) is 24.6 Å². The second-order valence-electron chi connectivity index (χ2n) is 6.07. The van der Waals surface area contributed by atoms with Crippen molar-refractivity contribution < 1.29 is 17.6 Å². The molecule has 0 fully saturated rings. The maximum absolute atomic E-state index is 12.9. The van der Waals surface area contributed by atoms with Crippen LogP contribution in [-0.4, -0.2) is 46.7 Å². The van der Waals surface area contributed by atoms with Crippen LogP contribution in [0.25, 0.3) is 0 Å². The Bertz CT molecular complexity index is 933. The molecule has 0 spiro atoms. The summed E-state index contributed by atoms with van der Waals surface area (Å²) in [4.78, 5) is 16.3. The van der Waals surface area contributed by atoms with Gasteiger partial charge in [-0.2, -0.15) is 0 Å². The standard InChI is InChI=1S/C19H23FN4O3S.HI/c1-21-19(23-13-18(25)24-16-7-5-15(20)6-8-16)22-12-11-14-3-9-17(10-4-14)28(2,26)27;/h3-10H,11-13H2,1-2H3,(H,24,25)(H2,21,22,23);1H. The molecule has 2 rings (SSSR count). The summed E-state index contributed by atoms with van der Waals surface area (Å²) in [5.74, 6) is -0.195. The number of carbonyl (C=O) groups excluding carboxylic acids is 1. The minimum Gasteiger partial charge on any atom is -0.356 e. The summed E-state index contributed by atoms with van der Waals surface area (Å²) >= 11 is 0. The van der Waals surface area contributed by atoms with Gasteiger partial charge < -0.3 is 16.0 Å². The average molecular weight is 534 g/mol. The van der Waals surface area contributed by atoms with Crippen LogP contribution < -0.4 is 16.0 Å². The zero-order valence-electron chi connectivity index (χ0n) is 16.1. The molecule has 0 aromatic heterocycles. The summed E-state index contributed by atoms with van der Waals surface area (Å²) in [6, 6.07) is 12.2. The molecule has 29 heavy (non-hydrogen) atoms. The van der Waals surface area contributed by atoms with Crippen LogP contribution >= 0.6 is 24.0 Å². The van der Waals surface area contributed by atoms with Crippen molar-refractivity contribution in [3.63, 3.8) is 0 Å². The number of nitrogens with zero attached hydrogens (tertiary/aromatic N) is 1. The summed E-state index contributed by atoms with van der Waals surface area (Å²) in [5.41, 5.74) is 1.48. The van der Waals surface area contributed by atoms with Crippen LogP contribution in [0.1, 0.15) is 5.56 Å². The lowest BCUT2D eigenvalue weighted by atomic mass is 10.1. The summed E-state index contributed by atoms with van der Waals surface area (Å²) in [6.45, 7) is 0.553. The summed E-state index contributed by atoms with van der Waals surface area (Å²) < 4.78 is 35.8. The first-order valence-corrected chi connectivity index (χ1v) is 10.5. The Labute approximate surface area is 187 Å². The van der Waals surface area contributed by atoms with E-state index < -0.39 is 9.84 Å². The first-order chi connectivity index (χ1) is 13.3. The van der Waals surface area contributed by atoms with Crippen molar-refractivity contribution in [1.82, 2.24) is 10.6 Å². The predicted molar refractivity (Wildman–Crippen MR) is 123 cm³/mol. The second-order valence-corrected chi connectivity index (χ2v) is 8.09. The number of aliphatic imine (C=N–C) groups is 1. The van der Waals surface area contributed by atoms with Gasteiger partial charge in [0.25, 0.3) is 0 Å². The van der Waals surface area contributed by atoms with Crippen molar-refractivity contribution in [2.45, 2.75) is 11.3 Å². The minimum absolute atomic E-state index is 0. The molecule has 0 atom stereocenters. The van der Waals surface area contributed by atoms with Gasteiger partial charge >= 0.3 is 0 Å². The summed E-state index contributed by atoms with van der Waals surface area (Å²) in [6.07, 6.45) is 1.83. The van der Waals surface area contributed by atoms with Crippen LogP contribution in [0.4, 0.5) is 10.1 Å². The highest BCUT2D eigenvalue weighted by molar-refractivity contribution is 14.0. The molecule has 1 amide bonds. The van der Waals surface area contributed by atoms with Crippen molar-refractivity contribution in [3.05, 3.63) is 59.9 Å². The molecule has 0 unspecified atom stereocenters. The molecule has 0 aliphatic rings. The van der Waals surface area contributed by atoms with Gasteiger partial charge in [-0.15, -0.1) is 24.0 Å². The van der Waals surface area contributed by atoms with Gasteiger partial charge in [-0.05, 0) is 48.4 Å². The van der Waals surface area contributed by atoms with Gasteiger partial charge in [0, 0.05) is 25.5 Å². The number of rotatable bonds is 7. The third kappa shape index (κ3) is 8.77. The van der Waals surface area contributed by atoms with Crippen LogP contribution in [0.2, 0.25) is 0 Å². The SMILES string of the molecule is CN=C(NCCc1ccc(S(C)(=O)=O)cc1)NCC(=O)Nc1ccc(F)cc1.I. The van der Waals surface area contributed by atoms with Crippen LogP contribution in [-0.2, 0) is 21.1 Å². The number of nitrogens with one attached hydrogen (secondary N) is 3. The fourth-order valence-corrected chi connectivity index (χ4v) is 2.98. The van der Waals surface area contributed by atoms with Crippen LogP contribution in [0, 0.1) is 5.82 Å². The molecule has 0 bridgehead atoms. The van der Waals surface area contributed by atoms with E-state index in [0.717, 1.165) is 5.56 Å². The summed E-state index contributed by atoms with van der Waals surface area (Å²) in [5, 5.41) is 8.62. The Balaban J connectivity index is 0.00000420. The molecule has 2 aromatic rings. The number of hydrogen-bond donors (Lipinski definition) is 3. The first-order valence-electron chi connectivity index (χ1n) is 8.57. The number of anilines is 1. The average Bonchev–Trinajstić information content (AvgIpc) is 2.66. The Morgan fingerprint density at radius 2 is 1.66 bits per heavy atom. The van der Waals surface area contributed by atoms with E-state index in [9.17, 15) is 17.6 Å². The lowest BCUT2D eigenvalue weighted by Gasteiger charge is -2.12. The molecule has 158 valence electrons. The van der Waals surface area contributed by atoms with E-state index in [1.807, 2.05) is 0 Å². The smallest absolute Gasteiger partial charge is 0.243 e. The van der Waals surface area contributed by atoms with Gasteiger partial charge in [-0.3, -0.25) is 9.79 Å². The number of sulfone groups is 1. The highest BCUT2D eigenvalue weighted by Gasteiger charge is 2.07. The van der Waals surface area contributed by atoms with Crippen molar-refractivity contribution in [1.29, 1.82) is 0 Å².